The lowest BCUT2D eigenvalue weighted by molar-refractivity contribution is 0.548. The van der Waals surface area contributed by atoms with Crippen molar-refractivity contribution in [3.05, 3.63) is 46.2 Å². The van der Waals surface area contributed by atoms with Gasteiger partial charge < -0.3 is 0 Å². The van der Waals surface area contributed by atoms with Gasteiger partial charge in [0.2, 0.25) is 4.73 Å². The molecule has 0 saturated carbocycles. The molecule has 0 aromatic carbocycles. The Balaban J connectivity index is 2.13. The third-order valence-corrected chi connectivity index (χ3v) is 3.41. The summed E-state index contributed by atoms with van der Waals surface area (Å²) in [4.78, 5) is 8.60. The molecule has 2 aromatic rings. The third kappa shape index (κ3) is 1.70. The van der Waals surface area contributed by atoms with Gasteiger partial charge >= 0.3 is 0 Å². The Morgan fingerprint density at radius 2 is 2.35 bits per heavy atom. The summed E-state index contributed by atoms with van der Waals surface area (Å²) in [5, 5.41) is 4.95. The van der Waals surface area contributed by atoms with Crippen LogP contribution in [0.5, 0.6) is 0 Å². The Labute approximate surface area is 111 Å². The van der Waals surface area contributed by atoms with E-state index in [4.69, 9.17) is 11.6 Å². The second-order valence-corrected chi connectivity index (χ2v) is 4.96. The number of rotatable bonds is 1. The van der Waals surface area contributed by atoms with Crippen molar-refractivity contribution in [2.24, 2.45) is 0 Å². The molecule has 0 bridgehead atoms. The largest absolute Gasteiger partial charge is 0.257 e. The van der Waals surface area contributed by atoms with E-state index >= 15 is 0 Å². The van der Waals surface area contributed by atoms with E-state index in [1.165, 1.54) is 0 Å². The summed E-state index contributed by atoms with van der Waals surface area (Å²) in [6.45, 7) is 4.00. The first-order valence-corrected chi connectivity index (χ1v) is 6.24. The molecule has 0 saturated heterocycles. The summed E-state index contributed by atoms with van der Waals surface area (Å²) in [5.74, 6) is 0.795. The highest BCUT2D eigenvalue weighted by Gasteiger charge is 2.31. The van der Waals surface area contributed by atoms with Gasteiger partial charge in [-0.3, -0.25) is 4.98 Å². The van der Waals surface area contributed by atoms with E-state index in [2.05, 4.69) is 37.6 Å². The Hall–Kier alpha value is -1.20. The van der Waals surface area contributed by atoms with Crippen LogP contribution in [-0.4, -0.2) is 19.7 Å². The molecule has 0 spiro atoms. The Bertz CT molecular complexity index is 607. The Morgan fingerprint density at radius 3 is 3.12 bits per heavy atom. The van der Waals surface area contributed by atoms with Gasteiger partial charge in [0.15, 0.2) is 5.82 Å². The lowest BCUT2D eigenvalue weighted by Gasteiger charge is -2.11. The van der Waals surface area contributed by atoms with Crippen molar-refractivity contribution in [2.75, 3.05) is 0 Å². The zero-order valence-electron chi connectivity index (χ0n) is 8.77. The molecule has 0 N–H and O–H groups in total. The second-order valence-electron chi connectivity index (χ2n) is 3.84. The summed E-state index contributed by atoms with van der Waals surface area (Å²) >= 11 is 9.43. The predicted octanol–water partition coefficient (Wildman–Crippen LogP) is 3.10. The minimum absolute atomic E-state index is 0.00926. The number of aromatic nitrogens is 4. The van der Waals surface area contributed by atoms with Crippen molar-refractivity contribution < 1.29 is 0 Å². The summed E-state index contributed by atoms with van der Waals surface area (Å²) in [6.07, 6.45) is 2.48. The molecule has 86 valence electrons. The number of pyridine rings is 1. The highest BCUT2D eigenvalue weighted by Crippen LogP contribution is 2.38. The number of halogens is 2. The average molecular weight is 312 g/mol. The molecule has 0 unspecified atom stereocenters. The highest BCUT2D eigenvalue weighted by molar-refractivity contribution is 9.10. The average Bonchev–Trinajstić information content (AvgIpc) is 2.80. The van der Waals surface area contributed by atoms with E-state index in [0.29, 0.717) is 9.76 Å². The van der Waals surface area contributed by atoms with E-state index in [9.17, 15) is 0 Å². The maximum Gasteiger partial charge on any atom is 0.217 e. The summed E-state index contributed by atoms with van der Waals surface area (Å²) in [7, 11) is 0. The van der Waals surface area contributed by atoms with Crippen molar-refractivity contribution in [3.8, 4) is 0 Å². The minimum atomic E-state index is -0.00926. The van der Waals surface area contributed by atoms with Gasteiger partial charge in [0.25, 0.3) is 0 Å². The smallest absolute Gasteiger partial charge is 0.217 e. The molecule has 0 fully saturated rings. The molecule has 3 rings (SSSR count). The van der Waals surface area contributed by atoms with Crippen LogP contribution in [0, 0.1) is 0 Å². The fourth-order valence-electron chi connectivity index (χ4n) is 2.02. The standard InChI is InChI=1S/C11H8BrClN4/c1-6-5-8(9-7(13)3-2-4-14-9)17-10(6)15-11(12)16-17/h2-4,8H,1,5H2/t8-/m0/s1. The molecule has 2 aromatic heterocycles. The fourth-order valence-corrected chi connectivity index (χ4v) is 2.61. The molecule has 0 amide bonds. The van der Waals surface area contributed by atoms with Crippen LogP contribution in [0.1, 0.15) is 24.0 Å². The lowest BCUT2D eigenvalue weighted by Crippen LogP contribution is -2.09. The number of nitrogens with zero attached hydrogens (tertiary/aromatic N) is 4. The van der Waals surface area contributed by atoms with E-state index in [1.807, 2.05) is 16.8 Å². The molecule has 0 aliphatic carbocycles. The molecule has 1 aliphatic heterocycles. The fraction of sp³-hybridized carbons (Fsp3) is 0.182. The van der Waals surface area contributed by atoms with E-state index in [0.717, 1.165) is 23.5 Å². The molecule has 1 aliphatic rings. The van der Waals surface area contributed by atoms with Crippen LogP contribution in [0.25, 0.3) is 5.57 Å². The van der Waals surface area contributed by atoms with Gasteiger partial charge in [0.1, 0.15) is 6.04 Å². The number of allylic oxidation sites excluding steroid dienone is 1. The zero-order valence-corrected chi connectivity index (χ0v) is 11.1. The van der Waals surface area contributed by atoms with Gasteiger partial charge in [0, 0.05) is 12.6 Å². The topological polar surface area (TPSA) is 43.6 Å². The maximum absolute atomic E-state index is 6.16. The third-order valence-electron chi connectivity index (χ3n) is 2.76. The van der Waals surface area contributed by atoms with Crippen molar-refractivity contribution >= 4 is 33.1 Å². The molecule has 6 heteroatoms. The molecular formula is C11H8BrClN4. The van der Waals surface area contributed by atoms with Gasteiger partial charge in [-0.05, 0) is 33.6 Å². The normalized spacial score (nSPS) is 18.5. The predicted molar refractivity (Wildman–Crippen MR) is 68.8 cm³/mol. The van der Waals surface area contributed by atoms with E-state index in [-0.39, 0.29) is 6.04 Å². The second kappa shape index (κ2) is 3.92. The van der Waals surface area contributed by atoms with Gasteiger partial charge in [-0.1, -0.05) is 18.2 Å². The number of hydrogen-bond donors (Lipinski definition) is 0. The van der Waals surface area contributed by atoms with E-state index in [1.54, 1.807) is 6.20 Å². The van der Waals surface area contributed by atoms with E-state index < -0.39 is 0 Å². The molecular weight excluding hydrogens is 304 g/mol. The van der Waals surface area contributed by atoms with Crippen LogP contribution in [0.4, 0.5) is 0 Å². The zero-order chi connectivity index (χ0) is 12.0. The maximum atomic E-state index is 6.16. The Morgan fingerprint density at radius 1 is 1.53 bits per heavy atom. The highest BCUT2D eigenvalue weighted by atomic mass is 79.9. The van der Waals surface area contributed by atoms with Crippen LogP contribution in [0.2, 0.25) is 5.02 Å². The Kier molecular flexibility index (Phi) is 2.52. The first kappa shape index (κ1) is 10.9. The first-order valence-electron chi connectivity index (χ1n) is 5.07. The van der Waals surface area contributed by atoms with Gasteiger partial charge in [0.05, 0.1) is 10.7 Å². The van der Waals surface area contributed by atoms with Gasteiger partial charge in [-0.2, -0.15) is 0 Å². The monoisotopic (exact) mass is 310 g/mol. The first-order chi connectivity index (χ1) is 8.16. The van der Waals surface area contributed by atoms with Crippen LogP contribution >= 0.6 is 27.5 Å². The van der Waals surface area contributed by atoms with Crippen molar-refractivity contribution in [1.82, 2.24) is 19.7 Å². The van der Waals surface area contributed by atoms with Crippen molar-refractivity contribution in [2.45, 2.75) is 12.5 Å². The molecule has 0 radical (unpaired) electrons. The lowest BCUT2D eigenvalue weighted by atomic mass is 10.1. The summed E-state index contributed by atoms with van der Waals surface area (Å²) in [5.41, 5.74) is 1.77. The van der Waals surface area contributed by atoms with Gasteiger partial charge in [-0.25, -0.2) is 9.67 Å². The summed E-state index contributed by atoms with van der Waals surface area (Å²) in [6, 6.07) is 3.63. The molecule has 17 heavy (non-hydrogen) atoms. The van der Waals surface area contributed by atoms with Crippen LogP contribution in [-0.2, 0) is 0 Å². The summed E-state index contributed by atoms with van der Waals surface area (Å²) < 4.78 is 2.38. The minimum Gasteiger partial charge on any atom is -0.257 e. The molecule has 3 heterocycles. The van der Waals surface area contributed by atoms with Crippen molar-refractivity contribution in [1.29, 1.82) is 0 Å². The van der Waals surface area contributed by atoms with Crippen LogP contribution in [0.3, 0.4) is 0 Å². The van der Waals surface area contributed by atoms with Crippen molar-refractivity contribution in [3.63, 3.8) is 0 Å². The quantitative estimate of drug-likeness (QED) is 0.813. The van der Waals surface area contributed by atoms with Gasteiger partial charge in [-0.15, -0.1) is 5.10 Å². The van der Waals surface area contributed by atoms with Crippen LogP contribution in [0.15, 0.2) is 29.6 Å². The van der Waals surface area contributed by atoms with Crippen LogP contribution < -0.4 is 0 Å². The SMILES string of the molecule is C=C1C[C@@H](c2ncccc2Cl)n2nc(Br)nc21. The number of hydrogen-bond acceptors (Lipinski definition) is 3. The molecule has 1 atom stereocenters. The number of fused-ring (bicyclic) bond motifs is 1. The molecule has 4 nitrogen and oxygen atoms in total.